The van der Waals surface area contributed by atoms with Gasteiger partial charge < -0.3 is 0 Å². The number of fused-ring (bicyclic) bond motifs is 2. The van der Waals surface area contributed by atoms with Crippen molar-refractivity contribution in [2.24, 2.45) is 0 Å². The van der Waals surface area contributed by atoms with Crippen LogP contribution in [0.3, 0.4) is 0 Å². The molecule has 0 spiro atoms. The van der Waals surface area contributed by atoms with Crippen LogP contribution < -0.4 is 0 Å². The molecular weight excluding hydrogens is 524 g/mol. The van der Waals surface area contributed by atoms with Crippen LogP contribution in [0.25, 0.3) is 39.1 Å². The smallest absolute Gasteiger partial charge is 0.00548 e. The first kappa shape index (κ1) is 25.7. The van der Waals surface area contributed by atoms with Crippen LogP contribution in [-0.4, -0.2) is 0 Å². The number of unbranched alkanes of at least 4 members (excludes halogenated alkanes) is 1. The van der Waals surface area contributed by atoms with Crippen molar-refractivity contribution in [3.8, 4) is 22.3 Å². The Kier molecular flexibility index (Phi) is 7.82. The normalized spacial score (nSPS) is 14.3. The number of allylic oxidation sites excluding steroid dienone is 1. The van der Waals surface area contributed by atoms with E-state index in [4.69, 9.17) is 0 Å². The number of hydrogen-bond donors (Lipinski definition) is 0. The van der Waals surface area contributed by atoms with E-state index in [1.807, 2.05) is 0 Å². The Balaban J connectivity index is 0.00000280. The van der Waals surface area contributed by atoms with Gasteiger partial charge in [0.25, 0.3) is 0 Å². The minimum atomic E-state index is 0. The summed E-state index contributed by atoms with van der Waals surface area (Å²) in [7, 11) is 0. The summed E-state index contributed by atoms with van der Waals surface area (Å²) in [6, 6.07) is 37.7. The van der Waals surface area contributed by atoms with E-state index < -0.39 is 0 Å². The van der Waals surface area contributed by atoms with Gasteiger partial charge in [-0.1, -0.05) is 128 Å². The summed E-state index contributed by atoms with van der Waals surface area (Å²) in [5.74, 6) is 0.547. The summed E-state index contributed by atoms with van der Waals surface area (Å²) in [6.45, 7) is 4.61. The average molecular weight is 557 g/mol. The van der Waals surface area contributed by atoms with Gasteiger partial charge in [-0.05, 0) is 41.2 Å². The van der Waals surface area contributed by atoms with E-state index in [-0.39, 0.29) is 26.2 Å². The molecule has 1 heteroatoms. The first-order valence-corrected chi connectivity index (χ1v) is 13.3. The van der Waals surface area contributed by atoms with E-state index in [9.17, 15) is 0 Å². The molecule has 6 rings (SSSR count). The molecule has 5 aromatic carbocycles. The van der Waals surface area contributed by atoms with Gasteiger partial charge >= 0.3 is 0 Å². The summed E-state index contributed by atoms with van der Waals surface area (Å²) in [6.07, 6.45) is 7.28. The maximum atomic E-state index is 2.43. The third-order valence-corrected chi connectivity index (χ3v) is 8.04. The molecule has 0 radical (unpaired) electrons. The molecule has 0 saturated heterocycles. The van der Waals surface area contributed by atoms with Gasteiger partial charge in [0.05, 0.1) is 0 Å². The molecule has 5 aromatic rings. The zero-order valence-corrected chi connectivity index (χ0v) is 24.3. The fourth-order valence-electron chi connectivity index (χ4n) is 6.23. The zero-order chi connectivity index (χ0) is 24.5. The molecule has 1 aliphatic carbocycles. The molecular formula is C36H33Zr-. The quantitative estimate of drug-likeness (QED) is 0.138. The number of hydrogen-bond acceptors (Lipinski definition) is 0. The minimum absolute atomic E-state index is 0. The van der Waals surface area contributed by atoms with Gasteiger partial charge in [-0.15, -0.1) is 34.0 Å². The van der Waals surface area contributed by atoms with Gasteiger partial charge in [0.15, 0.2) is 0 Å². The number of rotatable bonds is 7. The first-order valence-electron chi connectivity index (χ1n) is 13.3. The topological polar surface area (TPSA) is 0 Å². The van der Waals surface area contributed by atoms with Crippen molar-refractivity contribution in [1.82, 2.24) is 0 Å². The van der Waals surface area contributed by atoms with Gasteiger partial charge in [-0.25, -0.2) is 0 Å². The van der Waals surface area contributed by atoms with Crippen molar-refractivity contribution in [3.05, 3.63) is 131 Å². The third-order valence-electron chi connectivity index (χ3n) is 8.04. The second-order valence-electron chi connectivity index (χ2n) is 10.3. The Morgan fingerprint density at radius 1 is 0.676 bits per heavy atom. The predicted octanol–water partition coefficient (Wildman–Crippen LogP) is 10.1. The summed E-state index contributed by atoms with van der Waals surface area (Å²) >= 11 is 0. The predicted molar refractivity (Wildman–Crippen MR) is 156 cm³/mol. The van der Waals surface area contributed by atoms with E-state index in [1.54, 1.807) is 0 Å². The van der Waals surface area contributed by atoms with Gasteiger partial charge in [-0.2, -0.15) is 6.07 Å². The molecule has 182 valence electrons. The number of benzene rings is 4. The van der Waals surface area contributed by atoms with E-state index in [0.29, 0.717) is 5.92 Å². The Hall–Kier alpha value is -2.89. The molecule has 0 saturated carbocycles. The van der Waals surface area contributed by atoms with Crippen molar-refractivity contribution in [1.29, 1.82) is 0 Å². The van der Waals surface area contributed by atoms with E-state index in [2.05, 4.69) is 123 Å². The first-order chi connectivity index (χ1) is 17.7. The molecule has 0 nitrogen and oxygen atoms in total. The van der Waals surface area contributed by atoms with Crippen LogP contribution >= 0.6 is 0 Å². The Bertz CT molecular complexity index is 1540. The third kappa shape index (κ3) is 4.99. The number of aryl methyl sites for hydroxylation is 2. The molecule has 1 atom stereocenters. The SMILES string of the molecule is CC1=Cc2c(-c3ccccc3)cccc2C1CCCC[c-]1c(C)cc2c(-c3ccccc3)cccc21.[Zr]. The van der Waals surface area contributed by atoms with Gasteiger partial charge in [0.2, 0.25) is 0 Å². The van der Waals surface area contributed by atoms with E-state index in [0.717, 1.165) is 6.42 Å². The van der Waals surface area contributed by atoms with Crippen LogP contribution in [0.2, 0.25) is 0 Å². The molecule has 1 unspecified atom stereocenters. The van der Waals surface area contributed by atoms with Crippen LogP contribution in [0, 0.1) is 6.92 Å². The molecule has 1 aliphatic rings. The van der Waals surface area contributed by atoms with Gasteiger partial charge in [-0.3, -0.25) is 0 Å². The fraction of sp³-hybridized carbons (Fsp3) is 0.194. The molecule has 0 N–H and O–H groups in total. The van der Waals surface area contributed by atoms with Crippen LogP contribution in [0.5, 0.6) is 0 Å². The fourth-order valence-corrected chi connectivity index (χ4v) is 6.23. The Labute approximate surface area is 240 Å². The second-order valence-corrected chi connectivity index (χ2v) is 10.3. The van der Waals surface area contributed by atoms with Crippen LogP contribution in [0.15, 0.2) is 109 Å². The summed E-state index contributed by atoms with van der Waals surface area (Å²) in [5, 5.41) is 2.83. The molecule has 0 aliphatic heterocycles. The van der Waals surface area contributed by atoms with E-state index in [1.165, 1.54) is 80.1 Å². The molecule has 0 amide bonds. The zero-order valence-electron chi connectivity index (χ0n) is 21.8. The molecule has 0 bridgehead atoms. The molecule has 37 heavy (non-hydrogen) atoms. The van der Waals surface area contributed by atoms with Crippen molar-refractivity contribution in [3.63, 3.8) is 0 Å². The minimum Gasteiger partial charge on any atom is -0.164 e. The van der Waals surface area contributed by atoms with Crippen LogP contribution in [-0.2, 0) is 32.6 Å². The second kappa shape index (κ2) is 11.2. The standard InChI is InChI=1S/C36H33.Zr/c1-25-23-35-31(27-13-5-3-6-14-27)19-11-21-33(35)29(25)17-9-10-18-30-26(2)24-36-32(20-12-22-34(30)36)28-15-7-4-8-16-28;/h3-8,11-16,19-24,29H,9-10,17-18H2,1-2H3;/q-1;. The molecule has 0 heterocycles. The average Bonchev–Trinajstić information content (AvgIpc) is 3.42. The Morgan fingerprint density at radius 2 is 1.32 bits per heavy atom. The van der Waals surface area contributed by atoms with Gasteiger partial charge in [0, 0.05) is 32.1 Å². The Morgan fingerprint density at radius 3 is 2.05 bits per heavy atom. The van der Waals surface area contributed by atoms with Crippen molar-refractivity contribution in [2.75, 3.05) is 0 Å². The maximum Gasteiger partial charge on any atom is 0.00548 e. The summed E-state index contributed by atoms with van der Waals surface area (Å²) in [4.78, 5) is 0. The van der Waals surface area contributed by atoms with E-state index >= 15 is 0 Å². The molecule has 0 fully saturated rings. The van der Waals surface area contributed by atoms with Crippen LogP contribution in [0.1, 0.15) is 54.4 Å². The van der Waals surface area contributed by atoms with Crippen LogP contribution in [0.4, 0.5) is 0 Å². The monoisotopic (exact) mass is 555 g/mol. The largest absolute Gasteiger partial charge is 0.164 e. The maximum absolute atomic E-state index is 2.43. The van der Waals surface area contributed by atoms with Crippen molar-refractivity contribution >= 4 is 16.8 Å². The van der Waals surface area contributed by atoms with Crippen molar-refractivity contribution in [2.45, 2.75) is 45.4 Å². The van der Waals surface area contributed by atoms with Gasteiger partial charge in [0.1, 0.15) is 0 Å². The summed E-state index contributed by atoms with van der Waals surface area (Å²) < 4.78 is 0. The van der Waals surface area contributed by atoms with Crippen molar-refractivity contribution < 1.29 is 26.2 Å². The summed E-state index contributed by atoms with van der Waals surface area (Å²) in [5.41, 5.74) is 12.7. The molecule has 0 aromatic heterocycles.